The number of hydrogen-bond acceptors (Lipinski definition) is 5. The van der Waals surface area contributed by atoms with Crippen molar-refractivity contribution in [1.82, 2.24) is 0 Å². The number of carbonyl (C=O) groups is 1. The van der Waals surface area contributed by atoms with Crippen LogP contribution >= 0.6 is 15.9 Å². The van der Waals surface area contributed by atoms with Gasteiger partial charge in [0.2, 0.25) is 6.79 Å². The van der Waals surface area contributed by atoms with E-state index in [2.05, 4.69) is 15.9 Å². The van der Waals surface area contributed by atoms with Crippen LogP contribution in [-0.2, 0) is 4.79 Å². The molecule has 1 aliphatic rings. The van der Waals surface area contributed by atoms with Gasteiger partial charge in [-0.2, -0.15) is 0 Å². The van der Waals surface area contributed by atoms with E-state index in [1.165, 1.54) is 13.2 Å². The molecule has 1 heterocycles. The maximum atomic E-state index is 10.8. The van der Waals surface area contributed by atoms with Crippen molar-refractivity contribution in [3.8, 4) is 17.2 Å². The number of aliphatic hydroxyl groups is 1. The van der Waals surface area contributed by atoms with Gasteiger partial charge in [-0.1, -0.05) is 0 Å². The monoisotopic (exact) mass is 304 g/mol. The third kappa shape index (κ3) is 1.91. The first-order valence-corrected chi connectivity index (χ1v) is 5.42. The lowest BCUT2D eigenvalue weighted by Gasteiger charge is -2.14. The number of aliphatic carboxylic acids is 1. The molecule has 92 valence electrons. The molecule has 0 fully saturated rings. The second kappa shape index (κ2) is 4.42. The van der Waals surface area contributed by atoms with Gasteiger partial charge >= 0.3 is 5.97 Å². The molecular weight excluding hydrogens is 296 g/mol. The Morgan fingerprint density at radius 2 is 2.29 bits per heavy atom. The van der Waals surface area contributed by atoms with Gasteiger partial charge in [-0.15, -0.1) is 0 Å². The lowest BCUT2D eigenvalue weighted by molar-refractivity contribution is -0.147. The molecule has 0 saturated carbocycles. The maximum absolute atomic E-state index is 10.8. The van der Waals surface area contributed by atoms with Crippen molar-refractivity contribution in [1.29, 1.82) is 0 Å². The summed E-state index contributed by atoms with van der Waals surface area (Å²) in [4.78, 5) is 10.8. The molecule has 0 radical (unpaired) electrons. The number of aliphatic hydroxyl groups excluding tert-OH is 1. The fourth-order valence-corrected chi connectivity index (χ4v) is 2.25. The molecule has 0 aliphatic carbocycles. The summed E-state index contributed by atoms with van der Waals surface area (Å²) < 4.78 is 15.8. The fraction of sp³-hybridized carbons (Fsp3) is 0.300. The van der Waals surface area contributed by atoms with Crippen molar-refractivity contribution in [2.75, 3.05) is 13.9 Å². The number of carboxylic acids is 1. The number of ether oxygens (including phenoxy) is 3. The van der Waals surface area contributed by atoms with Gasteiger partial charge in [0.1, 0.15) is 10.2 Å². The zero-order chi connectivity index (χ0) is 12.6. The van der Waals surface area contributed by atoms with Gasteiger partial charge in [0.15, 0.2) is 17.6 Å². The average molecular weight is 305 g/mol. The predicted molar refractivity (Wildman–Crippen MR) is 59.4 cm³/mol. The zero-order valence-electron chi connectivity index (χ0n) is 8.77. The summed E-state index contributed by atoms with van der Waals surface area (Å²) in [7, 11) is 1.38. The van der Waals surface area contributed by atoms with E-state index < -0.39 is 12.1 Å². The molecule has 0 bridgehead atoms. The summed E-state index contributed by atoms with van der Waals surface area (Å²) >= 11 is 3.23. The number of rotatable bonds is 3. The Kier molecular flexibility index (Phi) is 3.12. The highest BCUT2D eigenvalue weighted by Gasteiger charge is 2.29. The van der Waals surface area contributed by atoms with Crippen LogP contribution in [0.15, 0.2) is 10.5 Å². The summed E-state index contributed by atoms with van der Waals surface area (Å²) in [5.41, 5.74) is 0.108. The van der Waals surface area contributed by atoms with E-state index in [-0.39, 0.29) is 18.1 Å². The van der Waals surface area contributed by atoms with Crippen molar-refractivity contribution in [3.63, 3.8) is 0 Å². The summed E-state index contributed by atoms with van der Waals surface area (Å²) in [6, 6.07) is 1.39. The second-order valence-electron chi connectivity index (χ2n) is 3.29. The summed E-state index contributed by atoms with van der Waals surface area (Å²) in [5.74, 6) is -0.352. The number of carboxylic acid groups (broad SMARTS) is 1. The largest absolute Gasteiger partial charge is 0.495 e. The standard InChI is InChI=1S/C10H9BrO6/c1-15-8-4(7(12)10(13)14)2-5-9(6(8)11)17-3-16-5/h2,7,12H,3H2,1H3,(H,13,14). The van der Waals surface area contributed by atoms with Gasteiger partial charge in [-0.25, -0.2) is 4.79 Å². The zero-order valence-corrected chi connectivity index (χ0v) is 10.4. The topological polar surface area (TPSA) is 85.2 Å². The van der Waals surface area contributed by atoms with Crippen LogP contribution in [0.3, 0.4) is 0 Å². The van der Waals surface area contributed by atoms with Gasteiger partial charge in [0.05, 0.1) is 7.11 Å². The van der Waals surface area contributed by atoms with Gasteiger partial charge in [0.25, 0.3) is 0 Å². The number of methoxy groups -OCH3 is 1. The molecule has 1 aromatic rings. The lowest BCUT2D eigenvalue weighted by atomic mass is 10.1. The molecule has 2 N–H and O–H groups in total. The molecule has 0 aromatic heterocycles. The molecule has 1 unspecified atom stereocenters. The summed E-state index contributed by atoms with van der Waals surface area (Å²) in [6.45, 7) is 0.0453. The van der Waals surface area contributed by atoms with Crippen molar-refractivity contribution in [2.45, 2.75) is 6.10 Å². The highest BCUT2D eigenvalue weighted by atomic mass is 79.9. The highest BCUT2D eigenvalue weighted by molar-refractivity contribution is 9.10. The van der Waals surface area contributed by atoms with Crippen LogP contribution in [0.2, 0.25) is 0 Å². The summed E-state index contributed by atoms with van der Waals surface area (Å²) in [6.07, 6.45) is -1.68. The van der Waals surface area contributed by atoms with E-state index in [9.17, 15) is 9.90 Å². The molecule has 2 rings (SSSR count). The lowest BCUT2D eigenvalue weighted by Crippen LogP contribution is -2.12. The minimum atomic E-state index is -1.68. The quantitative estimate of drug-likeness (QED) is 0.875. The fourth-order valence-electron chi connectivity index (χ4n) is 1.55. The van der Waals surface area contributed by atoms with Crippen LogP contribution in [0.1, 0.15) is 11.7 Å². The molecule has 1 aromatic carbocycles. The average Bonchev–Trinajstić information content (AvgIpc) is 2.76. The third-order valence-electron chi connectivity index (χ3n) is 2.32. The molecule has 7 heteroatoms. The Labute approximate surface area is 105 Å². The van der Waals surface area contributed by atoms with Crippen LogP contribution in [0.25, 0.3) is 0 Å². The summed E-state index contributed by atoms with van der Waals surface area (Å²) in [5, 5.41) is 18.4. The molecule has 17 heavy (non-hydrogen) atoms. The Morgan fingerprint density at radius 1 is 1.59 bits per heavy atom. The van der Waals surface area contributed by atoms with Gasteiger partial charge in [-0.3, -0.25) is 0 Å². The molecule has 0 amide bonds. The first-order valence-electron chi connectivity index (χ1n) is 4.63. The van der Waals surface area contributed by atoms with Gasteiger partial charge in [-0.05, 0) is 22.0 Å². The Bertz CT molecular complexity index is 472. The third-order valence-corrected chi connectivity index (χ3v) is 3.04. The van der Waals surface area contributed by atoms with Crippen molar-refractivity contribution >= 4 is 21.9 Å². The highest BCUT2D eigenvalue weighted by Crippen LogP contribution is 2.48. The number of hydrogen-bond donors (Lipinski definition) is 2. The number of halogens is 1. The molecular formula is C10H9BrO6. The van der Waals surface area contributed by atoms with E-state index in [4.69, 9.17) is 19.3 Å². The van der Waals surface area contributed by atoms with E-state index in [1.54, 1.807) is 0 Å². The Morgan fingerprint density at radius 3 is 2.88 bits per heavy atom. The number of benzene rings is 1. The molecule has 0 saturated heterocycles. The molecule has 1 atom stereocenters. The molecule has 6 nitrogen and oxygen atoms in total. The van der Waals surface area contributed by atoms with Crippen LogP contribution in [-0.4, -0.2) is 30.1 Å². The van der Waals surface area contributed by atoms with Gasteiger partial charge < -0.3 is 24.4 Å². The van der Waals surface area contributed by atoms with E-state index in [0.29, 0.717) is 16.0 Å². The van der Waals surface area contributed by atoms with E-state index in [0.717, 1.165) is 0 Å². The van der Waals surface area contributed by atoms with Crippen LogP contribution in [0.5, 0.6) is 17.2 Å². The first kappa shape index (κ1) is 12.0. The first-order chi connectivity index (χ1) is 8.06. The second-order valence-corrected chi connectivity index (χ2v) is 4.08. The molecule has 0 spiro atoms. The van der Waals surface area contributed by atoms with Crippen LogP contribution in [0, 0.1) is 0 Å². The van der Waals surface area contributed by atoms with E-state index >= 15 is 0 Å². The van der Waals surface area contributed by atoms with Crippen molar-refractivity contribution < 1.29 is 29.2 Å². The Hall–Kier alpha value is -1.47. The van der Waals surface area contributed by atoms with E-state index in [1.807, 2.05) is 0 Å². The van der Waals surface area contributed by atoms with Crippen molar-refractivity contribution in [2.24, 2.45) is 0 Å². The normalized spacial score (nSPS) is 14.5. The Balaban J connectivity index is 2.59. The maximum Gasteiger partial charge on any atom is 0.337 e. The molecule has 1 aliphatic heterocycles. The van der Waals surface area contributed by atoms with Crippen LogP contribution < -0.4 is 14.2 Å². The SMILES string of the molecule is COc1c(C(O)C(=O)O)cc2c(c1Br)OCO2. The minimum Gasteiger partial charge on any atom is -0.495 e. The number of fused-ring (bicyclic) bond motifs is 1. The minimum absolute atomic E-state index is 0.0453. The predicted octanol–water partition coefficient (Wildman–Crippen LogP) is 1.30. The van der Waals surface area contributed by atoms with Crippen LogP contribution in [0.4, 0.5) is 0 Å². The van der Waals surface area contributed by atoms with Gasteiger partial charge in [0, 0.05) is 5.56 Å². The smallest absolute Gasteiger partial charge is 0.337 e. The van der Waals surface area contributed by atoms with Crippen molar-refractivity contribution in [3.05, 3.63) is 16.1 Å².